The van der Waals surface area contributed by atoms with Gasteiger partial charge in [0.2, 0.25) is 5.91 Å². The van der Waals surface area contributed by atoms with Crippen molar-refractivity contribution in [1.82, 2.24) is 15.1 Å². The first-order chi connectivity index (χ1) is 14.4. The van der Waals surface area contributed by atoms with Crippen molar-refractivity contribution in [3.05, 3.63) is 65.7 Å². The Kier molecular flexibility index (Phi) is 6.82. The SMILES string of the molecule is CCC[C@@]1(c2ccccc2)NC(=O)N(CC(=O)N(C)Cc2ccc(SC)cc2)C1=O. The number of likely N-dealkylation sites (N-methyl/N-ethyl adjacent to an activating group) is 1. The average Bonchev–Trinajstić information content (AvgIpc) is 3.00. The third-order valence-electron chi connectivity index (χ3n) is 5.37. The summed E-state index contributed by atoms with van der Waals surface area (Å²) in [6.45, 7) is 2.10. The summed E-state index contributed by atoms with van der Waals surface area (Å²) >= 11 is 1.66. The molecule has 0 unspecified atom stereocenters. The van der Waals surface area contributed by atoms with E-state index in [1.165, 1.54) is 4.90 Å². The first-order valence-electron chi connectivity index (χ1n) is 9.98. The van der Waals surface area contributed by atoms with E-state index in [-0.39, 0.29) is 18.4 Å². The van der Waals surface area contributed by atoms with Crippen molar-refractivity contribution >= 4 is 29.6 Å². The minimum absolute atomic E-state index is 0.275. The van der Waals surface area contributed by atoms with Gasteiger partial charge in [-0.15, -0.1) is 11.8 Å². The Morgan fingerprint density at radius 2 is 1.77 bits per heavy atom. The molecule has 3 rings (SSSR count). The quantitative estimate of drug-likeness (QED) is 0.518. The van der Waals surface area contributed by atoms with Crippen LogP contribution in [0.25, 0.3) is 0 Å². The zero-order valence-corrected chi connectivity index (χ0v) is 18.4. The highest BCUT2D eigenvalue weighted by molar-refractivity contribution is 7.98. The molecule has 6 nitrogen and oxygen atoms in total. The molecule has 2 aromatic carbocycles. The number of nitrogens with zero attached hydrogens (tertiary/aromatic N) is 2. The zero-order valence-electron chi connectivity index (χ0n) is 17.6. The summed E-state index contributed by atoms with van der Waals surface area (Å²) in [7, 11) is 1.68. The van der Waals surface area contributed by atoms with Gasteiger partial charge in [0.05, 0.1) is 0 Å². The molecule has 1 aliphatic rings. The Balaban J connectivity index is 1.73. The molecule has 30 heavy (non-hydrogen) atoms. The molecule has 7 heteroatoms. The van der Waals surface area contributed by atoms with E-state index in [1.54, 1.807) is 18.8 Å². The summed E-state index contributed by atoms with van der Waals surface area (Å²) in [5.41, 5.74) is 0.618. The molecule has 0 radical (unpaired) electrons. The van der Waals surface area contributed by atoms with Gasteiger partial charge in [-0.2, -0.15) is 0 Å². The van der Waals surface area contributed by atoms with E-state index in [0.717, 1.165) is 20.9 Å². The molecule has 158 valence electrons. The van der Waals surface area contributed by atoms with E-state index >= 15 is 0 Å². The molecule has 0 spiro atoms. The number of hydrogen-bond donors (Lipinski definition) is 1. The molecule has 0 saturated carbocycles. The predicted octanol–water partition coefficient (Wildman–Crippen LogP) is 3.61. The van der Waals surface area contributed by atoms with Crippen LogP contribution in [0.3, 0.4) is 0 Å². The molecule has 2 aromatic rings. The number of imide groups is 1. The van der Waals surface area contributed by atoms with Crippen molar-refractivity contribution < 1.29 is 14.4 Å². The van der Waals surface area contributed by atoms with Gasteiger partial charge in [-0.1, -0.05) is 55.8 Å². The van der Waals surface area contributed by atoms with Gasteiger partial charge in [0.15, 0.2) is 0 Å². The number of carbonyl (C=O) groups is 3. The fraction of sp³-hybridized carbons (Fsp3) is 0.348. The van der Waals surface area contributed by atoms with Crippen molar-refractivity contribution in [2.75, 3.05) is 19.8 Å². The van der Waals surface area contributed by atoms with Crippen LogP contribution >= 0.6 is 11.8 Å². The van der Waals surface area contributed by atoms with Crippen LogP contribution in [0.15, 0.2) is 59.5 Å². The molecular formula is C23H27N3O3S. The van der Waals surface area contributed by atoms with Crippen LogP contribution < -0.4 is 5.32 Å². The number of thioether (sulfide) groups is 1. The maximum Gasteiger partial charge on any atom is 0.325 e. The zero-order chi connectivity index (χ0) is 21.7. The van der Waals surface area contributed by atoms with Crippen LogP contribution in [-0.2, 0) is 21.7 Å². The second-order valence-electron chi connectivity index (χ2n) is 7.44. The summed E-state index contributed by atoms with van der Waals surface area (Å²) in [4.78, 5) is 42.4. The van der Waals surface area contributed by atoms with Gasteiger partial charge in [-0.25, -0.2) is 4.79 Å². The molecule has 0 bridgehead atoms. The Labute approximate surface area is 181 Å². The predicted molar refractivity (Wildman–Crippen MR) is 118 cm³/mol. The number of nitrogens with one attached hydrogen (secondary N) is 1. The lowest BCUT2D eigenvalue weighted by Crippen LogP contribution is -2.45. The second kappa shape index (κ2) is 9.34. The van der Waals surface area contributed by atoms with Gasteiger partial charge in [0, 0.05) is 18.5 Å². The fourth-order valence-corrected chi connectivity index (χ4v) is 4.13. The lowest BCUT2D eigenvalue weighted by Gasteiger charge is -2.27. The van der Waals surface area contributed by atoms with E-state index in [1.807, 2.05) is 67.8 Å². The van der Waals surface area contributed by atoms with Crippen LogP contribution in [-0.4, -0.2) is 47.5 Å². The van der Waals surface area contributed by atoms with E-state index < -0.39 is 11.6 Å². The number of carbonyl (C=O) groups excluding carboxylic acids is 3. The van der Waals surface area contributed by atoms with Gasteiger partial charge in [0.25, 0.3) is 5.91 Å². The van der Waals surface area contributed by atoms with Crippen molar-refractivity contribution in [1.29, 1.82) is 0 Å². The minimum atomic E-state index is -1.11. The van der Waals surface area contributed by atoms with Gasteiger partial charge in [-0.05, 0) is 35.9 Å². The van der Waals surface area contributed by atoms with E-state index in [2.05, 4.69) is 5.32 Å². The summed E-state index contributed by atoms with van der Waals surface area (Å²) < 4.78 is 0. The molecular weight excluding hydrogens is 398 g/mol. The number of hydrogen-bond acceptors (Lipinski definition) is 4. The van der Waals surface area contributed by atoms with E-state index in [9.17, 15) is 14.4 Å². The lowest BCUT2D eigenvalue weighted by atomic mass is 9.85. The van der Waals surface area contributed by atoms with Crippen LogP contribution in [0.4, 0.5) is 4.79 Å². The maximum absolute atomic E-state index is 13.3. The van der Waals surface area contributed by atoms with Gasteiger partial charge < -0.3 is 10.2 Å². The number of benzene rings is 2. The Bertz CT molecular complexity index is 917. The van der Waals surface area contributed by atoms with Gasteiger partial charge >= 0.3 is 6.03 Å². The molecule has 1 heterocycles. The monoisotopic (exact) mass is 425 g/mol. The molecule has 1 aliphatic heterocycles. The van der Waals surface area contributed by atoms with Gasteiger partial charge in [-0.3, -0.25) is 14.5 Å². The topological polar surface area (TPSA) is 69.7 Å². The molecule has 0 aromatic heterocycles. The first-order valence-corrected chi connectivity index (χ1v) is 11.2. The van der Waals surface area contributed by atoms with Gasteiger partial charge in [0.1, 0.15) is 12.1 Å². The highest BCUT2D eigenvalue weighted by atomic mass is 32.2. The molecule has 1 saturated heterocycles. The summed E-state index contributed by atoms with van der Waals surface area (Å²) in [5.74, 6) is -0.653. The molecule has 0 aliphatic carbocycles. The van der Waals surface area contributed by atoms with Crippen molar-refractivity contribution in [2.24, 2.45) is 0 Å². The Morgan fingerprint density at radius 1 is 1.10 bits per heavy atom. The number of rotatable bonds is 8. The minimum Gasteiger partial charge on any atom is -0.340 e. The van der Waals surface area contributed by atoms with Crippen molar-refractivity contribution in [2.45, 2.75) is 36.7 Å². The summed E-state index contributed by atoms with van der Waals surface area (Å²) in [5, 5.41) is 2.86. The largest absolute Gasteiger partial charge is 0.340 e. The highest BCUT2D eigenvalue weighted by Gasteiger charge is 2.52. The van der Waals surface area contributed by atoms with E-state index in [4.69, 9.17) is 0 Å². The van der Waals surface area contributed by atoms with Crippen molar-refractivity contribution in [3.8, 4) is 0 Å². The van der Waals surface area contributed by atoms with Crippen LogP contribution in [0.1, 0.15) is 30.9 Å². The highest BCUT2D eigenvalue weighted by Crippen LogP contribution is 2.33. The fourth-order valence-electron chi connectivity index (χ4n) is 3.73. The number of urea groups is 1. The van der Waals surface area contributed by atoms with Crippen molar-refractivity contribution in [3.63, 3.8) is 0 Å². The van der Waals surface area contributed by atoms with Crippen LogP contribution in [0.5, 0.6) is 0 Å². The standard InChI is InChI=1S/C23H27N3O3S/c1-4-14-23(18-8-6-5-7-9-18)21(28)26(22(29)24-23)16-20(27)25(2)15-17-10-12-19(30-3)13-11-17/h5-13H,4,14-16H2,1-3H3,(H,24,29)/t23-/m0/s1. The van der Waals surface area contributed by atoms with E-state index in [0.29, 0.717) is 19.4 Å². The third kappa shape index (κ3) is 4.36. The molecule has 4 amide bonds. The van der Waals surface area contributed by atoms with Crippen LogP contribution in [0.2, 0.25) is 0 Å². The Morgan fingerprint density at radius 3 is 2.37 bits per heavy atom. The molecule has 1 atom stereocenters. The Hall–Kier alpha value is -2.80. The average molecular weight is 426 g/mol. The van der Waals surface area contributed by atoms with Crippen LogP contribution in [0, 0.1) is 0 Å². The lowest BCUT2D eigenvalue weighted by molar-refractivity contribution is -0.139. The summed E-state index contributed by atoms with van der Waals surface area (Å²) in [6, 6.07) is 16.7. The normalized spacial score (nSPS) is 18.4. The summed E-state index contributed by atoms with van der Waals surface area (Å²) in [6.07, 6.45) is 3.20. The molecule has 1 N–H and O–H groups in total. The maximum atomic E-state index is 13.3. The third-order valence-corrected chi connectivity index (χ3v) is 6.11. The first kappa shape index (κ1) is 21.9. The number of amides is 4. The molecule has 1 fully saturated rings. The smallest absolute Gasteiger partial charge is 0.325 e. The second-order valence-corrected chi connectivity index (χ2v) is 8.32.